The van der Waals surface area contributed by atoms with Crippen LogP contribution in [0.1, 0.15) is 4.88 Å². The number of thiophene rings is 1. The Morgan fingerprint density at radius 1 is 1.24 bits per heavy atom. The molecule has 0 saturated heterocycles. The summed E-state index contributed by atoms with van der Waals surface area (Å²) in [4.78, 5) is 1.31. The van der Waals surface area contributed by atoms with E-state index in [0.717, 1.165) is 21.6 Å². The standard InChI is InChI=1S/C13H9BrClNS/c14-10-5-7-17-12(10)8-16-6-4-9-2-1-3-11(15)13(9)16/h1-7H,8H2. The van der Waals surface area contributed by atoms with E-state index in [1.807, 2.05) is 12.1 Å². The monoisotopic (exact) mass is 325 g/mol. The molecule has 0 aliphatic heterocycles. The molecule has 4 heteroatoms. The summed E-state index contributed by atoms with van der Waals surface area (Å²) in [6, 6.07) is 10.2. The Morgan fingerprint density at radius 3 is 2.88 bits per heavy atom. The molecule has 2 aromatic heterocycles. The summed E-state index contributed by atoms with van der Waals surface area (Å²) >= 11 is 11.6. The average molecular weight is 327 g/mol. The van der Waals surface area contributed by atoms with E-state index in [9.17, 15) is 0 Å². The number of aromatic nitrogens is 1. The first-order valence-corrected chi connectivity index (χ1v) is 7.26. The van der Waals surface area contributed by atoms with Gasteiger partial charge in [0.25, 0.3) is 0 Å². The third-order valence-electron chi connectivity index (χ3n) is 2.74. The lowest BCUT2D eigenvalue weighted by Gasteiger charge is -2.05. The molecule has 1 aromatic carbocycles. The number of hydrogen-bond donors (Lipinski definition) is 0. The van der Waals surface area contributed by atoms with Crippen LogP contribution in [-0.2, 0) is 6.54 Å². The molecule has 0 amide bonds. The molecule has 0 bridgehead atoms. The predicted molar refractivity (Wildman–Crippen MR) is 78.1 cm³/mol. The first-order valence-electron chi connectivity index (χ1n) is 5.21. The molecule has 17 heavy (non-hydrogen) atoms. The van der Waals surface area contributed by atoms with Gasteiger partial charge in [-0.1, -0.05) is 23.7 Å². The molecule has 0 atom stereocenters. The topological polar surface area (TPSA) is 4.93 Å². The third kappa shape index (κ3) is 2.03. The summed E-state index contributed by atoms with van der Waals surface area (Å²) < 4.78 is 3.35. The Kier molecular flexibility index (Phi) is 2.99. The number of benzene rings is 1. The van der Waals surface area contributed by atoms with E-state index in [-0.39, 0.29) is 0 Å². The molecule has 0 radical (unpaired) electrons. The van der Waals surface area contributed by atoms with Crippen LogP contribution >= 0.6 is 38.9 Å². The van der Waals surface area contributed by atoms with Crippen molar-refractivity contribution < 1.29 is 0 Å². The largest absolute Gasteiger partial charge is 0.341 e. The summed E-state index contributed by atoms with van der Waals surface area (Å²) in [6.07, 6.45) is 2.09. The zero-order valence-electron chi connectivity index (χ0n) is 8.86. The first kappa shape index (κ1) is 11.3. The van der Waals surface area contributed by atoms with E-state index >= 15 is 0 Å². The van der Waals surface area contributed by atoms with Crippen LogP contribution in [0.15, 0.2) is 46.4 Å². The normalized spacial score (nSPS) is 11.2. The Balaban J connectivity index is 2.10. The van der Waals surface area contributed by atoms with Crippen molar-refractivity contribution >= 4 is 49.8 Å². The average Bonchev–Trinajstić information content (AvgIpc) is 2.89. The molecule has 1 nitrogen and oxygen atoms in total. The molecule has 2 heterocycles. The Hall–Kier alpha value is -0.770. The fourth-order valence-electron chi connectivity index (χ4n) is 1.94. The lowest BCUT2D eigenvalue weighted by Crippen LogP contribution is -1.96. The van der Waals surface area contributed by atoms with Crippen molar-refractivity contribution in [3.05, 3.63) is 56.3 Å². The summed E-state index contributed by atoms with van der Waals surface area (Å²) in [5.74, 6) is 0. The Bertz CT molecular complexity index is 671. The van der Waals surface area contributed by atoms with Gasteiger partial charge in [-0.15, -0.1) is 11.3 Å². The molecule has 3 aromatic rings. The predicted octanol–water partition coefficient (Wildman–Crippen LogP) is 5.17. The van der Waals surface area contributed by atoms with Crippen molar-refractivity contribution in [2.45, 2.75) is 6.54 Å². The van der Waals surface area contributed by atoms with Gasteiger partial charge in [-0.3, -0.25) is 0 Å². The number of hydrogen-bond acceptors (Lipinski definition) is 1. The van der Waals surface area contributed by atoms with Crippen LogP contribution in [0, 0.1) is 0 Å². The second kappa shape index (κ2) is 4.48. The Morgan fingerprint density at radius 2 is 2.12 bits per heavy atom. The number of nitrogens with zero attached hydrogens (tertiary/aromatic N) is 1. The van der Waals surface area contributed by atoms with Gasteiger partial charge in [0.05, 0.1) is 17.1 Å². The maximum atomic E-state index is 6.25. The van der Waals surface area contributed by atoms with Crippen molar-refractivity contribution in [2.24, 2.45) is 0 Å². The Labute approximate surface area is 117 Å². The van der Waals surface area contributed by atoms with Gasteiger partial charge in [-0.25, -0.2) is 0 Å². The lowest BCUT2D eigenvalue weighted by atomic mass is 10.2. The summed E-state index contributed by atoms with van der Waals surface area (Å²) in [5.41, 5.74) is 1.11. The quantitative estimate of drug-likeness (QED) is 0.612. The number of para-hydroxylation sites is 1. The zero-order chi connectivity index (χ0) is 11.8. The van der Waals surface area contributed by atoms with E-state index in [4.69, 9.17) is 11.6 Å². The van der Waals surface area contributed by atoms with E-state index < -0.39 is 0 Å². The van der Waals surface area contributed by atoms with Gasteiger partial charge in [0.1, 0.15) is 0 Å². The molecule has 0 aliphatic carbocycles. The molecule has 3 rings (SSSR count). The smallest absolute Gasteiger partial charge is 0.0673 e. The van der Waals surface area contributed by atoms with E-state index in [1.165, 1.54) is 10.3 Å². The molecule has 0 spiro atoms. The van der Waals surface area contributed by atoms with Crippen LogP contribution in [0.3, 0.4) is 0 Å². The molecular formula is C13H9BrClNS. The van der Waals surface area contributed by atoms with Crippen LogP contribution < -0.4 is 0 Å². The molecule has 0 N–H and O–H groups in total. The van der Waals surface area contributed by atoms with Gasteiger partial charge in [-0.05, 0) is 39.5 Å². The molecule has 0 saturated carbocycles. The number of fused-ring (bicyclic) bond motifs is 1. The van der Waals surface area contributed by atoms with Gasteiger partial charge in [-0.2, -0.15) is 0 Å². The maximum absolute atomic E-state index is 6.25. The summed E-state index contributed by atoms with van der Waals surface area (Å²) in [5, 5.41) is 4.08. The molecular weight excluding hydrogens is 318 g/mol. The van der Waals surface area contributed by atoms with Gasteiger partial charge in [0.15, 0.2) is 0 Å². The summed E-state index contributed by atoms with van der Waals surface area (Å²) in [6.45, 7) is 0.853. The van der Waals surface area contributed by atoms with Crippen LogP contribution in [0.5, 0.6) is 0 Å². The third-order valence-corrected chi connectivity index (χ3v) is 4.96. The van der Waals surface area contributed by atoms with Gasteiger partial charge in [0.2, 0.25) is 0 Å². The van der Waals surface area contributed by atoms with Crippen molar-refractivity contribution in [1.82, 2.24) is 4.57 Å². The fourth-order valence-corrected chi connectivity index (χ4v) is 3.70. The summed E-state index contributed by atoms with van der Waals surface area (Å²) in [7, 11) is 0. The molecule has 86 valence electrons. The van der Waals surface area contributed by atoms with Crippen molar-refractivity contribution in [3.8, 4) is 0 Å². The second-order valence-electron chi connectivity index (χ2n) is 3.81. The van der Waals surface area contributed by atoms with E-state index in [1.54, 1.807) is 11.3 Å². The minimum absolute atomic E-state index is 0.806. The highest BCUT2D eigenvalue weighted by Gasteiger charge is 2.07. The number of rotatable bonds is 2. The van der Waals surface area contributed by atoms with Crippen LogP contribution in [-0.4, -0.2) is 4.57 Å². The van der Waals surface area contributed by atoms with E-state index in [0.29, 0.717) is 0 Å². The van der Waals surface area contributed by atoms with Crippen molar-refractivity contribution in [1.29, 1.82) is 0 Å². The number of halogens is 2. The van der Waals surface area contributed by atoms with Gasteiger partial charge < -0.3 is 4.57 Å². The molecule has 0 fully saturated rings. The first-order chi connectivity index (χ1) is 8.25. The van der Waals surface area contributed by atoms with Gasteiger partial charge in [0, 0.05) is 20.9 Å². The highest BCUT2D eigenvalue weighted by Crippen LogP contribution is 2.28. The van der Waals surface area contributed by atoms with Crippen LogP contribution in [0.25, 0.3) is 10.9 Å². The minimum atomic E-state index is 0.806. The van der Waals surface area contributed by atoms with Gasteiger partial charge >= 0.3 is 0 Å². The van der Waals surface area contributed by atoms with E-state index in [2.05, 4.69) is 50.3 Å². The van der Waals surface area contributed by atoms with Crippen molar-refractivity contribution in [2.75, 3.05) is 0 Å². The zero-order valence-corrected chi connectivity index (χ0v) is 12.0. The minimum Gasteiger partial charge on any atom is -0.341 e. The highest BCUT2D eigenvalue weighted by molar-refractivity contribution is 9.10. The van der Waals surface area contributed by atoms with Crippen LogP contribution in [0.4, 0.5) is 0 Å². The highest BCUT2D eigenvalue weighted by atomic mass is 79.9. The van der Waals surface area contributed by atoms with Crippen LogP contribution in [0.2, 0.25) is 5.02 Å². The second-order valence-corrected chi connectivity index (χ2v) is 6.08. The maximum Gasteiger partial charge on any atom is 0.0673 e. The molecule has 0 unspecified atom stereocenters. The molecule has 0 aliphatic rings. The SMILES string of the molecule is Clc1cccc2ccn(Cc3sccc3Br)c12. The fraction of sp³-hybridized carbons (Fsp3) is 0.0769. The lowest BCUT2D eigenvalue weighted by molar-refractivity contribution is 0.849. The van der Waals surface area contributed by atoms with Crippen molar-refractivity contribution in [3.63, 3.8) is 0 Å².